The molecule has 5 nitrogen and oxygen atoms in total. The quantitative estimate of drug-likeness (QED) is 0.609. The lowest BCUT2D eigenvalue weighted by Crippen LogP contribution is -2.33. The van der Waals surface area contributed by atoms with Gasteiger partial charge in [-0.2, -0.15) is 0 Å². The Bertz CT molecular complexity index is 209. The SMILES string of the molecule is CC1C(=O)N(CCCN)C(=O)N1C. The summed E-state index contributed by atoms with van der Waals surface area (Å²) in [7, 11) is 1.63. The predicted molar refractivity (Wildman–Crippen MR) is 48.0 cm³/mol. The van der Waals surface area contributed by atoms with Crippen molar-refractivity contribution in [3.05, 3.63) is 0 Å². The number of urea groups is 1. The zero-order chi connectivity index (χ0) is 10.0. The van der Waals surface area contributed by atoms with E-state index < -0.39 is 0 Å². The van der Waals surface area contributed by atoms with Crippen molar-refractivity contribution < 1.29 is 9.59 Å². The van der Waals surface area contributed by atoms with E-state index in [1.54, 1.807) is 14.0 Å². The molecule has 1 aliphatic rings. The fourth-order valence-electron chi connectivity index (χ4n) is 1.30. The average Bonchev–Trinajstić information content (AvgIpc) is 2.30. The van der Waals surface area contributed by atoms with Crippen LogP contribution in [0.15, 0.2) is 0 Å². The molecule has 1 fully saturated rings. The molecule has 0 aromatic heterocycles. The summed E-state index contributed by atoms with van der Waals surface area (Å²) >= 11 is 0. The highest BCUT2D eigenvalue weighted by Gasteiger charge is 2.39. The minimum atomic E-state index is -0.328. The molecule has 0 aromatic rings. The van der Waals surface area contributed by atoms with Gasteiger partial charge in [0.1, 0.15) is 6.04 Å². The lowest BCUT2D eigenvalue weighted by Gasteiger charge is -2.12. The molecule has 1 aliphatic heterocycles. The molecule has 0 saturated carbocycles. The van der Waals surface area contributed by atoms with Crippen molar-refractivity contribution in [2.24, 2.45) is 5.73 Å². The molecule has 0 aliphatic carbocycles. The number of likely N-dealkylation sites (N-methyl/N-ethyl adjacent to an activating group) is 1. The Balaban J connectivity index is 2.64. The van der Waals surface area contributed by atoms with Gasteiger partial charge in [0.15, 0.2) is 0 Å². The largest absolute Gasteiger partial charge is 0.330 e. The van der Waals surface area contributed by atoms with Crippen LogP contribution in [0.3, 0.4) is 0 Å². The van der Waals surface area contributed by atoms with Crippen LogP contribution in [0.25, 0.3) is 0 Å². The van der Waals surface area contributed by atoms with Crippen LogP contribution in [0.1, 0.15) is 13.3 Å². The first-order chi connectivity index (χ1) is 6.09. The molecule has 1 heterocycles. The third kappa shape index (κ3) is 1.65. The van der Waals surface area contributed by atoms with Crippen LogP contribution >= 0.6 is 0 Å². The third-order valence-corrected chi connectivity index (χ3v) is 2.32. The smallest absolute Gasteiger partial charge is 0.327 e. The summed E-state index contributed by atoms with van der Waals surface area (Å²) in [6.45, 7) is 2.65. The minimum Gasteiger partial charge on any atom is -0.330 e. The molecule has 0 radical (unpaired) electrons. The Hall–Kier alpha value is -1.10. The first-order valence-corrected chi connectivity index (χ1v) is 4.37. The van der Waals surface area contributed by atoms with Crippen LogP contribution in [-0.2, 0) is 4.79 Å². The maximum absolute atomic E-state index is 11.5. The van der Waals surface area contributed by atoms with E-state index in [-0.39, 0.29) is 18.0 Å². The van der Waals surface area contributed by atoms with Crippen molar-refractivity contribution in [2.45, 2.75) is 19.4 Å². The standard InChI is InChI=1S/C8H15N3O2/c1-6-7(12)11(5-3-4-9)8(13)10(6)2/h6H,3-5,9H2,1-2H3. The number of nitrogens with zero attached hydrogens (tertiary/aromatic N) is 2. The van der Waals surface area contributed by atoms with Crippen molar-refractivity contribution in [1.82, 2.24) is 9.80 Å². The maximum atomic E-state index is 11.5. The zero-order valence-electron chi connectivity index (χ0n) is 7.99. The molecule has 13 heavy (non-hydrogen) atoms. The average molecular weight is 185 g/mol. The third-order valence-electron chi connectivity index (χ3n) is 2.32. The number of rotatable bonds is 3. The summed E-state index contributed by atoms with van der Waals surface area (Å²) in [4.78, 5) is 25.6. The number of nitrogens with two attached hydrogens (primary N) is 1. The second-order valence-corrected chi connectivity index (χ2v) is 3.20. The monoisotopic (exact) mass is 185 g/mol. The fourth-order valence-corrected chi connectivity index (χ4v) is 1.30. The fraction of sp³-hybridized carbons (Fsp3) is 0.750. The van der Waals surface area contributed by atoms with E-state index in [9.17, 15) is 9.59 Å². The maximum Gasteiger partial charge on any atom is 0.327 e. The summed E-state index contributed by atoms with van der Waals surface area (Å²) in [5.74, 6) is -0.124. The molecule has 1 saturated heterocycles. The second kappa shape index (κ2) is 3.74. The number of carbonyl (C=O) groups excluding carboxylic acids is 2. The molecule has 3 amide bonds. The molecular weight excluding hydrogens is 170 g/mol. The van der Waals surface area contributed by atoms with Crippen molar-refractivity contribution in [3.63, 3.8) is 0 Å². The van der Waals surface area contributed by atoms with Crippen molar-refractivity contribution in [2.75, 3.05) is 20.1 Å². The Labute approximate surface area is 77.5 Å². The molecule has 0 aromatic carbocycles. The Morgan fingerprint density at radius 1 is 1.46 bits per heavy atom. The first kappa shape index (κ1) is 9.98. The van der Waals surface area contributed by atoms with Crippen molar-refractivity contribution in [3.8, 4) is 0 Å². The molecule has 74 valence electrons. The molecule has 1 unspecified atom stereocenters. The van der Waals surface area contributed by atoms with Gasteiger partial charge in [-0.25, -0.2) is 4.79 Å². The molecule has 2 N–H and O–H groups in total. The number of carbonyl (C=O) groups is 2. The van der Waals surface area contributed by atoms with Gasteiger partial charge in [-0.1, -0.05) is 0 Å². The van der Waals surface area contributed by atoms with E-state index in [2.05, 4.69) is 0 Å². The lowest BCUT2D eigenvalue weighted by atomic mass is 10.3. The van der Waals surface area contributed by atoms with E-state index in [0.717, 1.165) is 0 Å². The highest BCUT2D eigenvalue weighted by Crippen LogP contribution is 2.14. The highest BCUT2D eigenvalue weighted by atomic mass is 16.2. The van der Waals surface area contributed by atoms with Crippen LogP contribution in [0.4, 0.5) is 4.79 Å². The van der Waals surface area contributed by atoms with E-state index >= 15 is 0 Å². The van der Waals surface area contributed by atoms with E-state index in [1.807, 2.05) is 0 Å². The van der Waals surface area contributed by atoms with Gasteiger partial charge in [0.2, 0.25) is 0 Å². The topological polar surface area (TPSA) is 66.6 Å². The van der Waals surface area contributed by atoms with E-state index in [1.165, 1.54) is 9.80 Å². The van der Waals surface area contributed by atoms with Gasteiger partial charge in [0.05, 0.1) is 0 Å². The number of hydrogen-bond acceptors (Lipinski definition) is 3. The number of amides is 3. The van der Waals surface area contributed by atoms with Gasteiger partial charge in [0, 0.05) is 13.6 Å². The molecule has 0 bridgehead atoms. The number of hydrogen-bond donors (Lipinski definition) is 1. The minimum absolute atomic E-state index is 0.124. The van der Waals surface area contributed by atoms with Crippen LogP contribution in [0.2, 0.25) is 0 Å². The highest BCUT2D eigenvalue weighted by molar-refractivity contribution is 6.03. The number of imide groups is 1. The van der Waals surface area contributed by atoms with Gasteiger partial charge in [0.25, 0.3) is 5.91 Å². The Morgan fingerprint density at radius 3 is 2.46 bits per heavy atom. The first-order valence-electron chi connectivity index (χ1n) is 4.37. The molecule has 0 spiro atoms. The van der Waals surface area contributed by atoms with Crippen LogP contribution in [0, 0.1) is 0 Å². The van der Waals surface area contributed by atoms with Crippen LogP contribution in [-0.4, -0.2) is 47.9 Å². The van der Waals surface area contributed by atoms with Crippen molar-refractivity contribution >= 4 is 11.9 Å². The lowest BCUT2D eigenvalue weighted by molar-refractivity contribution is -0.127. The van der Waals surface area contributed by atoms with Gasteiger partial charge >= 0.3 is 6.03 Å². The summed E-state index contributed by atoms with van der Waals surface area (Å²) in [5.41, 5.74) is 5.30. The van der Waals surface area contributed by atoms with Gasteiger partial charge in [-0.05, 0) is 19.9 Å². The van der Waals surface area contributed by atoms with Crippen LogP contribution < -0.4 is 5.73 Å². The Morgan fingerprint density at radius 2 is 2.08 bits per heavy atom. The molecule has 5 heteroatoms. The van der Waals surface area contributed by atoms with Crippen molar-refractivity contribution in [1.29, 1.82) is 0 Å². The van der Waals surface area contributed by atoms with E-state index in [0.29, 0.717) is 19.5 Å². The summed E-state index contributed by atoms with van der Waals surface area (Å²) in [6, 6.07) is -0.545. The summed E-state index contributed by atoms with van der Waals surface area (Å²) in [6.07, 6.45) is 0.665. The summed E-state index contributed by atoms with van der Waals surface area (Å²) in [5, 5.41) is 0. The van der Waals surface area contributed by atoms with E-state index in [4.69, 9.17) is 5.73 Å². The Kier molecular flexibility index (Phi) is 2.87. The summed E-state index contributed by atoms with van der Waals surface area (Å²) < 4.78 is 0. The van der Waals surface area contributed by atoms with Gasteiger partial charge in [-0.3, -0.25) is 9.69 Å². The normalized spacial score (nSPS) is 23.2. The van der Waals surface area contributed by atoms with Gasteiger partial charge in [-0.15, -0.1) is 0 Å². The van der Waals surface area contributed by atoms with Crippen LogP contribution in [0.5, 0.6) is 0 Å². The molecule has 1 rings (SSSR count). The molecule has 1 atom stereocenters. The zero-order valence-corrected chi connectivity index (χ0v) is 7.99. The second-order valence-electron chi connectivity index (χ2n) is 3.20. The predicted octanol–water partition coefficient (Wildman–Crippen LogP) is -0.382. The van der Waals surface area contributed by atoms with Gasteiger partial charge < -0.3 is 10.6 Å². The molecular formula is C8H15N3O2.